The Kier molecular flexibility index (Phi) is 10.7. The Hall–Kier alpha value is -1.13. The average Bonchev–Trinajstić information content (AvgIpc) is 3.07. The molecule has 8 heteroatoms. The van der Waals surface area contributed by atoms with E-state index in [1.54, 1.807) is 23.5 Å². The van der Waals surface area contributed by atoms with Crippen LogP contribution in [-0.2, 0) is 6.42 Å². The number of hydrogen-bond acceptors (Lipinski definition) is 3. The second kappa shape index (κ2) is 12.3. The second-order valence-electron chi connectivity index (χ2n) is 5.14. The van der Waals surface area contributed by atoms with Gasteiger partial charge < -0.3 is 16.4 Å². The normalized spacial score (nSPS) is 10.8. The van der Waals surface area contributed by atoms with Crippen LogP contribution in [0.2, 0.25) is 0 Å². The first-order chi connectivity index (χ1) is 11.6. The molecule has 4 N–H and O–H groups in total. The third-order valence-electron chi connectivity index (χ3n) is 3.25. The van der Waals surface area contributed by atoms with Gasteiger partial charge in [-0.25, -0.2) is 0 Å². The third-order valence-corrected chi connectivity index (χ3v) is 4.68. The number of hydrogen-bond donors (Lipinski definition) is 3. The highest BCUT2D eigenvalue weighted by Crippen LogP contribution is 2.11. The van der Waals surface area contributed by atoms with E-state index in [0.717, 1.165) is 23.9 Å². The number of nitrogens with one attached hydrogen (secondary N) is 2. The number of carbonyl (C=O) groups is 1. The maximum atomic E-state index is 11.9. The number of carbonyl (C=O) groups excluding carboxylic acids is 1. The number of halogens is 2. The van der Waals surface area contributed by atoms with Crippen molar-refractivity contribution >= 4 is 63.1 Å². The zero-order valence-electron chi connectivity index (χ0n) is 13.7. The molecule has 0 aliphatic heterocycles. The minimum Gasteiger partial charge on any atom is -0.370 e. The predicted octanol–water partition coefficient (Wildman–Crippen LogP) is 3.40. The van der Waals surface area contributed by atoms with Crippen LogP contribution in [0.15, 0.2) is 51.2 Å². The number of amides is 1. The van der Waals surface area contributed by atoms with Crippen molar-refractivity contribution in [1.29, 1.82) is 0 Å². The zero-order valence-corrected chi connectivity index (χ0v) is 18.4. The molecule has 0 atom stereocenters. The lowest BCUT2D eigenvalue weighted by molar-refractivity contribution is 0.0953. The molecule has 0 bridgehead atoms. The first-order valence-corrected chi connectivity index (χ1v) is 9.42. The minimum atomic E-state index is -0.0812. The predicted molar refractivity (Wildman–Crippen MR) is 119 cm³/mol. The van der Waals surface area contributed by atoms with E-state index < -0.39 is 0 Å². The summed E-state index contributed by atoms with van der Waals surface area (Å²) in [7, 11) is 0. The van der Waals surface area contributed by atoms with E-state index in [2.05, 4.69) is 43.0 Å². The van der Waals surface area contributed by atoms with Gasteiger partial charge in [-0.2, -0.15) is 0 Å². The first kappa shape index (κ1) is 21.9. The molecule has 0 fully saturated rings. The number of nitrogens with two attached hydrogens (primary N) is 1. The molecule has 1 aromatic carbocycles. The monoisotopic (exact) mass is 536 g/mol. The summed E-state index contributed by atoms with van der Waals surface area (Å²) in [5, 5.41) is 8.03. The van der Waals surface area contributed by atoms with Gasteiger partial charge in [-0.15, -0.1) is 35.3 Å². The van der Waals surface area contributed by atoms with Gasteiger partial charge in [0.1, 0.15) is 0 Å². The van der Waals surface area contributed by atoms with Crippen molar-refractivity contribution in [3.8, 4) is 0 Å². The van der Waals surface area contributed by atoms with E-state index >= 15 is 0 Å². The molecule has 25 heavy (non-hydrogen) atoms. The van der Waals surface area contributed by atoms with Gasteiger partial charge in [0.15, 0.2) is 5.96 Å². The van der Waals surface area contributed by atoms with Crippen molar-refractivity contribution in [2.24, 2.45) is 10.7 Å². The average molecular weight is 537 g/mol. The maximum absolute atomic E-state index is 11.9. The van der Waals surface area contributed by atoms with Crippen LogP contribution in [0.3, 0.4) is 0 Å². The van der Waals surface area contributed by atoms with Crippen LogP contribution in [-0.4, -0.2) is 31.5 Å². The quantitative estimate of drug-likeness (QED) is 0.209. The van der Waals surface area contributed by atoms with Gasteiger partial charge in [-0.05, 0) is 42.5 Å². The third kappa shape index (κ3) is 8.68. The molecular weight excluding hydrogens is 515 g/mol. The Morgan fingerprint density at radius 3 is 2.76 bits per heavy atom. The maximum Gasteiger partial charge on any atom is 0.251 e. The van der Waals surface area contributed by atoms with Gasteiger partial charge in [0.25, 0.3) is 5.91 Å². The van der Waals surface area contributed by atoms with Gasteiger partial charge in [-0.1, -0.05) is 28.1 Å². The molecule has 0 saturated heterocycles. The SMILES string of the molecule is I.NC(=NCCCNC(=O)c1cccc(Br)c1)NCCc1cccs1. The molecule has 1 heterocycles. The van der Waals surface area contributed by atoms with E-state index in [1.807, 2.05) is 18.2 Å². The molecule has 5 nitrogen and oxygen atoms in total. The molecule has 1 aromatic heterocycles. The lowest BCUT2D eigenvalue weighted by Gasteiger charge is -2.06. The van der Waals surface area contributed by atoms with Crippen LogP contribution < -0.4 is 16.4 Å². The largest absolute Gasteiger partial charge is 0.370 e. The molecule has 0 radical (unpaired) electrons. The lowest BCUT2D eigenvalue weighted by Crippen LogP contribution is -2.33. The highest BCUT2D eigenvalue weighted by Gasteiger charge is 2.04. The summed E-state index contributed by atoms with van der Waals surface area (Å²) >= 11 is 5.09. The fourth-order valence-electron chi connectivity index (χ4n) is 2.04. The van der Waals surface area contributed by atoms with Gasteiger partial charge in [0.05, 0.1) is 0 Å². The number of rotatable bonds is 8. The number of guanidine groups is 1. The van der Waals surface area contributed by atoms with Gasteiger partial charge in [-0.3, -0.25) is 9.79 Å². The lowest BCUT2D eigenvalue weighted by atomic mass is 10.2. The van der Waals surface area contributed by atoms with Crippen molar-refractivity contribution in [1.82, 2.24) is 10.6 Å². The smallest absolute Gasteiger partial charge is 0.251 e. The Labute approximate surface area is 177 Å². The highest BCUT2D eigenvalue weighted by atomic mass is 127. The Balaban J connectivity index is 0.00000312. The molecule has 0 aliphatic carbocycles. The first-order valence-electron chi connectivity index (χ1n) is 7.75. The summed E-state index contributed by atoms with van der Waals surface area (Å²) in [6, 6.07) is 11.5. The topological polar surface area (TPSA) is 79.5 Å². The number of benzene rings is 1. The Bertz CT molecular complexity index is 679. The van der Waals surface area contributed by atoms with Gasteiger partial charge in [0, 0.05) is 34.5 Å². The van der Waals surface area contributed by atoms with Crippen LogP contribution in [0.1, 0.15) is 21.7 Å². The zero-order chi connectivity index (χ0) is 17.2. The van der Waals surface area contributed by atoms with Crippen LogP contribution in [0.4, 0.5) is 0 Å². The fraction of sp³-hybridized carbons (Fsp3) is 0.294. The van der Waals surface area contributed by atoms with E-state index in [4.69, 9.17) is 5.73 Å². The van der Waals surface area contributed by atoms with Crippen LogP contribution >= 0.6 is 51.2 Å². The van der Waals surface area contributed by atoms with Crippen molar-refractivity contribution in [3.63, 3.8) is 0 Å². The summed E-state index contributed by atoms with van der Waals surface area (Å²) in [5.74, 6) is 0.368. The molecule has 0 saturated carbocycles. The van der Waals surface area contributed by atoms with Crippen molar-refractivity contribution < 1.29 is 4.79 Å². The number of thiophene rings is 1. The number of aliphatic imine (C=N–C) groups is 1. The van der Waals surface area contributed by atoms with Crippen molar-refractivity contribution in [2.75, 3.05) is 19.6 Å². The van der Waals surface area contributed by atoms with Gasteiger partial charge >= 0.3 is 0 Å². The van der Waals surface area contributed by atoms with Crippen molar-refractivity contribution in [2.45, 2.75) is 12.8 Å². The summed E-state index contributed by atoms with van der Waals surface area (Å²) in [6.45, 7) is 1.92. The molecule has 1 amide bonds. The molecule has 0 unspecified atom stereocenters. The van der Waals surface area contributed by atoms with Crippen LogP contribution in [0.25, 0.3) is 0 Å². The van der Waals surface area contributed by atoms with E-state index in [9.17, 15) is 4.79 Å². The molecule has 2 rings (SSSR count). The molecule has 136 valence electrons. The molecule has 0 spiro atoms. The molecular formula is C17H22BrIN4OS. The fourth-order valence-corrected chi connectivity index (χ4v) is 3.14. The van der Waals surface area contributed by atoms with Crippen LogP contribution in [0.5, 0.6) is 0 Å². The summed E-state index contributed by atoms with van der Waals surface area (Å²) in [5.41, 5.74) is 6.45. The summed E-state index contributed by atoms with van der Waals surface area (Å²) < 4.78 is 0.890. The van der Waals surface area contributed by atoms with E-state index in [1.165, 1.54) is 4.88 Å². The standard InChI is InChI=1S/C17H21BrN4OS.HI/c18-14-5-1-4-13(12-14)16(23)20-8-3-9-21-17(19)22-10-7-15-6-2-11-24-15;/h1-2,4-6,11-12H,3,7-10H2,(H,20,23)(H3,19,21,22);1H. The Morgan fingerprint density at radius 2 is 2.04 bits per heavy atom. The minimum absolute atomic E-state index is 0. The Morgan fingerprint density at radius 1 is 1.20 bits per heavy atom. The van der Waals surface area contributed by atoms with E-state index in [-0.39, 0.29) is 29.9 Å². The summed E-state index contributed by atoms with van der Waals surface area (Å²) in [6.07, 6.45) is 1.68. The second-order valence-corrected chi connectivity index (χ2v) is 7.09. The number of nitrogens with zero attached hydrogens (tertiary/aromatic N) is 1. The highest BCUT2D eigenvalue weighted by molar-refractivity contribution is 14.0. The van der Waals surface area contributed by atoms with Crippen molar-refractivity contribution in [3.05, 3.63) is 56.7 Å². The van der Waals surface area contributed by atoms with Crippen LogP contribution in [0, 0.1) is 0 Å². The summed E-state index contributed by atoms with van der Waals surface area (Å²) in [4.78, 5) is 17.5. The van der Waals surface area contributed by atoms with E-state index in [0.29, 0.717) is 24.6 Å². The van der Waals surface area contributed by atoms with Gasteiger partial charge in [0.2, 0.25) is 0 Å². The molecule has 2 aromatic rings. The molecule has 0 aliphatic rings.